The minimum absolute atomic E-state index is 0.157. The smallest absolute Gasteiger partial charge is 0.326 e. The molecule has 1 aromatic heterocycles. The van der Waals surface area contributed by atoms with Crippen LogP contribution in [-0.2, 0) is 28.1 Å². The number of nitrogens with one attached hydrogen (secondary N) is 3. The molecule has 1 atom stereocenters. The Labute approximate surface area is 171 Å². The molecule has 160 valence electrons. The number of anilines is 1. The predicted molar refractivity (Wildman–Crippen MR) is 105 cm³/mol. The Kier molecular flexibility index (Phi) is 5.20. The monoisotopic (exact) mass is 437 g/mol. The number of hydrogen-bond acceptors (Lipinski definition) is 8. The van der Waals surface area contributed by atoms with E-state index in [1.54, 1.807) is 10.9 Å². The quantitative estimate of drug-likeness (QED) is 0.484. The van der Waals surface area contributed by atoms with Gasteiger partial charge in [0.05, 0.1) is 0 Å². The van der Waals surface area contributed by atoms with Gasteiger partial charge in [-0.05, 0) is 23.8 Å². The Morgan fingerprint density at radius 2 is 2.20 bits per heavy atom. The van der Waals surface area contributed by atoms with Crippen molar-refractivity contribution in [2.75, 3.05) is 23.9 Å². The lowest BCUT2D eigenvalue weighted by molar-refractivity contribution is -0.117. The normalized spacial score (nSPS) is 20.4. The third-order valence-corrected chi connectivity index (χ3v) is 6.08. The highest BCUT2D eigenvalue weighted by Gasteiger charge is 2.37. The van der Waals surface area contributed by atoms with E-state index in [2.05, 4.69) is 20.7 Å². The second-order valence-electron chi connectivity index (χ2n) is 7.00. The molecule has 1 fully saturated rings. The van der Waals surface area contributed by atoms with Crippen molar-refractivity contribution in [1.82, 2.24) is 25.1 Å². The summed E-state index contributed by atoms with van der Waals surface area (Å²) >= 11 is 0. The molecule has 0 spiro atoms. The van der Waals surface area contributed by atoms with E-state index in [0.717, 1.165) is 12.6 Å². The molecule has 1 amide bonds. The lowest BCUT2D eigenvalue weighted by Crippen LogP contribution is -2.44. The molecule has 0 bridgehead atoms. The maximum atomic E-state index is 14.5. The van der Waals surface area contributed by atoms with E-state index in [-0.39, 0.29) is 12.5 Å². The number of phenolic OH excluding ortho intramolecular Hbond substituents is 1. The summed E-state index contributed by atoms with van der Waals surface area (Å²) in [5.41, 5.74) is -0.181. The first kappa shape index (κ1) is 19.9. The van der Waals surface area contributed by atoms with Crippen molar-refractivity contribution in [2.24, 2.45) is 10.9 Å². The minimum Gasteiger partial charge on any atom is -0.506 e. The van der Waals surface area contributed by atoms with Crippen LogP contribution in [0.3, 0.4) is 0 Å². The molecule has 4 N–H and O–H groups in total. The molecule has 1 aromatic carbocycles. The number of hydrogen-bond donors (Lipinski definition) is 4. The number of guanidine groups is 1. The van der Waals surface area contributed by atoms with E-state index >= 15 is 0 Å². The lowest BCUT2D eigenvalue weighted by atomic mass is 10.1. The summed E-state index contributed by atoms with van der Waals surface area (Å²) < 4.78 is 42.4. The van der Waals surface area contributed by atoms with Gasteiger partial charge in [-0.3, -0.25) is 14.5 Å². The first-order chi connectivity index (χ1) is 14.3. The number of aromatic hydroxyl groups is 1. The number of carbonyl (C=O) groups excluding carboxylic acids is 1. The number of amides is 1. The van der Waals surface area contributed by atoms with Crippen LogP contribution in [0.25, 0.3) is 0 Å². The van der Waals surface area contributed by atoms with Gasteiger partial charge in [0.15, 0.2) is 11.8 Å². The van der Waals surface area contributed by atoms with Gasteiger partial charge in [0.1, 0.15) is 18.0 Å². The third kappa shape index (κ3) is 4.15. The minimum atomic E-state index is -4.22. The molecule has 2 aromatic rings. The van der Waals surface area contributed by atoms with Crippen molar-refractivity contribution in [3.8, 4) is 5.75 Å². The first-order valence-corrected chi connectivity index (χ1v) is 10.6. The van der Waals surface area contributed by atoms with Gasteiger partial charge in [-0.15, -0.1) is 0 Å². The van der Waals surface area contributed by atoms with Crippen LogP contribution >= 0.6 is 0 Å². The summed E-state index contributed by atoms with van der Waals surface area (Å²) in [6.45, 7) is 1.60. The first-order valence-electron chi connectivity index (χ1n) is 9.16. The Bertz CT molecular complexity index is 1060. The summed E-state index contributed by atoms with van der Waals surface area (Å²) in [6, 6.07) is 4.21. The zero-order valence-electron chi connectivity index (χ0n) is 15.7. The standard InChI is InChI=1S/C17H20FN7O4S/c18-13-4-11(5-14(26)16(13)25-10-15(27)23-30(25,28)29)6-19-17-20-7-12(8-21-17)9-24-3-1-2-22-24/h1-5,12,26H,6-10H2,(H,23,27)(H2,19,20,21). The predicted octanol–water partition coefficient (Wildman–Crippen LogP) is -0.726. The Morgan fingerprint density at radius 1 is 1.37 bits per heavy atom. The highest BCUT2D eigenvalue weighted by molar-refractivity contribution is 7.92. The lowest BCUT2D eigenvalue weighted by Gasteiger charge is -2.23. The molecule has 30 heavy (non-hydrogen) atoms. The van der Waals surface area contributed by atoms with Gasteiger partial charge in [-0.1, -0.05) is 0 Å². The molecule has 0 aliphatic carbocycles. The highest BCUT2D eigenvalue weighted by Crippen LogP contribution is 2.34. The van der Waals surface area contributed by atoms with E-state index in [0.29, 0.717) is 28.9 Å². The van der Waals surface area contributed by atoms with Gasteiger partial charge >= 0.3 is 10.2 Å². The van der Waals surface area contributed by atoms with Crippen LogP contribution in [0.15, 0.2) is 35.6 Å². The topological polar surface area (TPSA) is 141 Å². The molecule has 0 saturated carbocycles. The van der Waals surface area contributed by atoms with Crippen LogP contribution in [0.1, 0.15) is 5.56 Å². The van der Waals surface area contributed by atoms with Crippen molar-refractivity contribution in [3.05, 3.63) is 42.0 Å². The SMILES string of the molecule is O=C1CN(c2c(O)cc(CNC3=NCC(Cn4cccn4)CN3)cc2F)S(=O)(=O)N1. The van der Waals surface area contributed by atoms with E-state index < -0.39 is 39.9 Å². The molecular weight excluding hydrogens is 417 g/mol. The van der Waals surface area contributed by atoms with Crippen molar-refractivity contribution < 1.29 is 22.7 Å². The Balaban J connectivity index is 1.39. The summed E-state index contributed by atoms with van der Waals surface area (Å²) in [5.74, 6) is -1.50. The fourth-order valence-corrected chi connectivity index (χ4v) is 4.49. The number of rotatable bonds is 5. The summed E-state index contributed by atoms with van der Waals surface area (Å²) in [7, 11) is -4.22. The molecule has 3 heterocycles. The molecule has 2 aliphatic rings. The molecule has 0 radical (unpaired) electrons. The van der Waals surface area contributed by atoms with E-state index in [1.165, 1.54) is 6.07 Å². The number of aliphatic imine (C=N–C) groups is 1. The number of nitrogens with zero attached hydrogens (tertiary/aromatic N) is 4. The van der Waals surface area contributed by atoms with Crippen LogP contribution in [-0.4, -0.2) is 54.8 Å². The Morgan fingerprint density at radius 3 is 2.80 bits per heavy atom. The molecular formula is C17H20FN7O4S. The van der Waals surface area contributed by atoms with Crippen LogP contribution in [0, 0.1) is 11.7 Å². The zero-order chi connectivity index (χ0) is 21.3. The maximum Gasteiger partial charge on any atom is 0.326 e. The number of carbonyl (C=O) groups is 1. The van der Waals surface area contributed by atoms with Gasteiger partial charge in [-0.25, -0.2) is 13.4 Å². The van der Waals surface area contributed by atoms with Gasteiger partial charge in [-0.2, -0.15) is 13.5 Å². The summed E-state index contributed by atoms with van der Waals surface area (Å²) in [5, 5.41) is 20.5. The van der Waals surface area contributed by atoms with E-state index in [4.69, 9.17) is 0 Å². The second kappa shape index (κ2) is 7.82. The molecule has 2 aliphatic heterocycles. The number of aromatic nitrogens is 2. The maximum absolute atomic E-state index is 14.5. The summed E-state index contributed by atoms with van der Waals surface area (Å²) in [6.07, 6.45) is 3.61. The molecule has 1 unspecified atom stereocenters. The largest absolute Gasteiger partial charge is 0.506 e. The fourth-order valence-electron chi connectivity index (χ4n) is 3.32. The highest BCUT2D eigenvalue weighted by atomic mass is 32.2. The third-order valence-electron chi connectivity index (χ3n) is 4.70. The molecule has 4 rings (SSSR count). The number of phenols is 1. The van der Waals surface area contributed by atoms with Crippen LogP contribution < -0.4 is 19.7 Å². The molecule has 11 nitrogen and oxygen atoms in total. The Hall–Kier alpha value is -3.35. The molecule has 13 heteroatoms. The van der Waals surface area contributed by atoms with Gasteiger partial charge in [0, 0.05) is 44.5 Å². The number of halogens is 1. The molecule has 1 saturated heterocycles. The number of benzene rings is 1. The van der Waals surface area contributed by atoms with Crippen LogP contribution in [0.5, 0.6) is 5.75 Å². The van der Waals surface area contributed by atoms with Crippen molar-refractivity contribution in [3.63, 3.8) is 0 Å². The van der Waals surface area contributed by atoms with Crippen molar-refractivity contribution in [1.29, 1.82) is 0 Å². The van der Waals surface area contributed by atoms with Gasteiger partial charge in [0.25, 0.3) is 5.91 Å². The summed E-state index contributed by atoms with van der Waals surface area (Å²) in [4.78, 5) is 15.8. The van der Waals surface area contributed by atoms with Crippen LogP contribution in [0.2, 0.25) is 0 Å². The second-order valence-corrected chi connectivity index (χ2v) is 8.60. The van der Waals surface area contributed by atoms with E-state index in [1.807, 2.05) is 16.9 Å². The average Bonchev–Trinajstić information content (AvgIpc) is 3.27. The van der Waals surface area contributed by atoms with Crippen LogP contribution in [0.4, 0.5) is 10.1 Å². The van der Waals surface area contributed by atoms with Gasteiger partial charge < -0.3 is 15.7 Å². The van der Waals surface area contributed by atoms with Crippen molar-refractivity contribution >= 4 is 27.8 Å². The fraction of sp³-hybridized carbons (Fsp3) is 0.353. The van der Waals surface area contributed by atoms with E-state index in [9.17, 15) is 22.7 Å². The zero-order valence-corrected chi connectivity index (χ0v) is 16.6. The average molecular weight is 437 g/mol. The van der Waals surface area contributed by atoms with Gasteiger partial charge in [0.2, 0.25) is 0 Å². The van der Waals surface area contributed by atoms with Crippen molar-refractivity contribution in [2.45, 2.75) is 13.1 Å².